The van der Waals surface area contributed by atoms with Crippen LogP contribution >= 0.6 is 0 Å². The zero-order chi connectivity index (χ0) is 16.8. The molecule has 0 bridgehead atoms. The second-order valence-corrected chi connectivity index (χ2v) is 5.75. The fourth-order valence-corrected chi connectivity index (χ4v) is 3.25. The first kappa shape index (κ1) is 14.8. The van der Waals surface area contributed by atoms with Gasteiger partial charge in [0.05, 0.1) is 17.8 Å². The summed E-state index contributed by atoms with van der Waals surface area (Å²) in [6.07, 6.45) is -1.46. The van der Waals surface area contributed by atoms with Gasteiger partial charge in [0.2, 0.25) is 0 Å². The average Bonchev–Trinajstić information content (AvgIpc) is 2.83. The summed E-state index contributed by atoms with van der Waals surface area (Å²) < 4.78 is 27.7. The zero-order valence-electron chi connectivity index (χ0n) is 12.5. The van der Waals surface area contributed by atoms with Crippen molar-refractivity contribution in [3.05, 3.63) is 77.4 Å². The molecule has 1 N–H and O–H groups in total. The number of benzene rings is 3. The van der Waals surface area contributed by atoms with Gasteiger partial charge >= 0.3 is 0 Å². The fraction of sp³-hybridized carbons (Fsp3) is 0.105. The van der Waals surface area contributed by atoms with Gasteiger partial charge in [0.15, 0.2) is 0 Å². The van der Waals surface area contributed by atoms with Crippen molar-refractivity contribution >= 4 is 22.4 Å². The summed E-state index contributed by atoms with van der Waals surface area (Å²) in [5, 5.41) is 12.0. The van der Waals surface area contributed by atoms with Crippen LogP contribution in [-0.4, -0.2) is 17.6 Å². The Hall–Kier alpha value is -2.79. The lowest BCUT2D eigenvalue weighted by Gasteiger charge is -2.22. The number of amides is 1. The number of anilines is 1. The number of hydrogen-bond acceptors (Lipinski definition) is 2. The summed E-state index contributed by atoms with van der Waals surface area (Å²) in [6.45, 7) is -0.218. The monoisotopic (exact) mass is 325 g/mol. The van der Waals surface area contributed by atoms with Crippen LogP contribution in [0, 0.1) is 11.6 Å². The van der Waals surface area contributed by atoms with Crippen LogP contribution in [0.25, 0.3) is 10.8 Å². The molecule has 1 aliphatic rings. The molecule has 0 saturated heterocycles. The molecule has 0 aliphatic carbocycles. The van der Waals surface area contributed by atoms with Gasteiger partial charge in [-0.25, -0.2) is 8.78 Å². The second kappa shape index (κ2) is 5.39. The van der Waals surface area contributed by atoms with Crippen LogP contribution in [0.3, 0.4) is 0 Å². The van der Waals surface area contributed by atoms with E-state index in [9.17, 15) is 18.7 Å². The highest BCUT2D eigenvalue weighted by Gasteiger charge is 2.32. The van der Waals surface area contributed by atoms with Crippen LogP contribution in [0.1, 0.15) is 22.0 Å². The Labute approximate surface area is 136 Å². The van der Waals surface area contributed by atoms with E-state index in [4.69, 9.17) is 0 Å². The van der Waals surface area contributed by atoms with Crippen molar-refractivity contribution in [1.82, 2.24) is 0 Å². The second-order valence-electron chi connectivity index (χ2n) is 5.75. The summed E-state index contributed by atoms with van der Waals surface area (Å²) >= 11 is 0. The lowest BCUT2D eigenvalue weighted by atomic mass is 10.1. The Bertz CT molecular complexity index is 945. The number of hydrogen-bond donors (Lipinski definition) is 1. The fourth-order valence-electron chi connectivity index (χ4n) is 3.25. The van der Waals surface area contributed by atoms with E-state index in [-0.39, 0.29) is 12.5 Å². The van der Waals surface area contributed by atoms with Crippen molar-refractivity contribution in [2.75, 3.05) is 11.4 Å². The lowest BCUT2D eigenvalue weighted by molar-refractivity contribution is 0.0966. The van der Waals surface area contributed by atoms with Gasteiger partial charge in [-0.1, -0.05) is 30.3 Å². The highest BCUT2D eigenvalue weighted by Crippen LogP contribution is 2.38. The highest BCUT2D eigenvalue weighted by molar-refractivity contribution is 6.25. The maximum atomic E-state index is 13.9. The molecule has 4 rings (SSSR count). The third kappa shape index (κ3) is 2.09. The summed E-state index contributed by atoms with van der Waals surface area (Å²) in [7, 11) is 0. The Balaban J connectivity index is 1.74. The summed E-state index contributed by atoms with van der Waals surface area (Å²) in [5.74, 6) is -1.94. The molecule has 1 amide bonds. The van der Waals surface area contributed by atoms with Crippen molar-refractivity contribution in [1.29, 1.82) is 0 Å². The number of aliphatic hydroxyl groups is 1. The van der Waals surface area contributed by atoms with E-state index in [0.29, 0.717) is 11.3 Å². The Morgan fingerprint density at radius 2 is 1.58 bits per heavy atom. The molecule has 24 heavy (non-hydrogen) atoms. The minimum absolute atomic E-state index is 0.218. The number of aliphatic hydroxyl groups excluding tert-OH is 1. The van der Waals surface area contributed by atoms with Crippen LogP contribution in [0.4, 0.5) is 14.5 Å². The molecule has 0 saturated carbocycles. The van der Waals surface area contributed by atoms with Crippen LogP contribution in [0.15, 0.2) is 54.6 Å². The normalized spacial score (nSPS) is 14.5. The van der Waals surface area contributed by atoms with Gasteiger partial charge in [-0.2, -0.15) is 0 Å². The van der Waals surface area contributed by atoms with E-state index >= 15 is 0 Å². The Morgan fingerprint density at radius 3 is 2.29 bits per heavy atom. The predicted octanol–water partition coefficient (Wildman–Crippen LogP) is 3.81. The number of nitrogens with zero attached hydrogens (tertiary/aromatic N) is 1. The summed E-state index contributed by atoms with van der Waals surface area (Å²) in [4.78, 5) is 14.0. The van der Waals surface area contributed by atoms with Crippen molar-refractivity contribution in [2.45, 2.75) is 6.10 Å². The number of carbonyl (C=O) groups is 1. The molecule has 1 heterocycles. The van der Waals surface area contributed by atoms with Crippen molar-refractivity contribution in [3.8, 4) is 0 Å². The number of halogens is 2. The Morgan fingerprint density at radius 1 is 0.958 bits per heavy atom. The van der Waals surface area contributed by atoms with Crippen molar-refractivity contribution in [3.63, 3.8) is 0 Å². The first-order valence-corrected chi connectivity index (χ1v) is 7.53. The third-order valence-corrected chi connectivity index (χ3v) is 4.34. The number of β-amino-alcohol motifs (C(OH)–C–C–N with tert-alkyl or cyclic N) is 1. The van der Waals surface area contributed by atoms with E-state index in [1.165, 1.54) is 11.0 Å². The lowest BCUT2D eigenvalue weighted by Crippen LogP contribution is -2.32. The molecule has 1 atom stereocenters. The molecule has 0 aromatic heterocycles. The maximum absolute atomic E-state index is 13.9. The minimum atomic E-state index is -1.46. The molecule has 3 aromatic rings. The van der Waals surface area contributed by atoms with Crippen LogP contribution in [-0.2, 0) is 0 Å². The van der Waals surface area contributed by atoms with Gasteiger partial charge in [-0.05, 0) is 29.7 Å². The van der Waals surface area contributed by atoms with Crippen molar-refractivity contribution in [2.24, 2.45) is 0 Å². The van der Waals surface area contributed by atoms with E-state index in [1.807, 2.05) is 18.2 Å². The summed E-state index contributed by atoms with van der Waals surface area (Å²) in [5.41, 5.74) is 0.752. The molecule has 1 unspecified atom stereocenters. The van der Waals surface area contributed by atoms with Crippen LogP contribution in [0.5, 0.6) is 0 Å². The average molecular weight is 325 g/mol. The van der Waals surface area contributed by atoms with Gasteiger partial charge in [0, 0.05) is 10.9 Å². The molecule has 3 nitrogen and oxygen atoms in total. The molecular formula is C19H13F2NO2. The molecule has 0 fully saturated rings. The molecule has 120 valence electrons. The molecule has 0 radical (unpaired) electrons. The van der Waals surface area contributed by atoms with E-state index in [0.717, 1.165) is 22.9 Å². The molecule has 5 heteroatoms. The number of carbonyl (C=O) groups excluding carboxylic acids is 1. The summed E-state index contributed by atoms with van der Waals surface area (Å²) in [6, 6.07) is 14.3. The van der Waals surface area contributed by atoms with E-state index in [1.54, 1.807) is 18.2 Å². The van der Waals surface area contributed by atoms with Gasteiger partial charge in [-0.3, -0.25) is 4.79 Å². The van der Waals surface area contributed by atoms with Gasteiger partial charge in [0.25, 0.3) is 5.91 Å². The highest BCUT2D eigenvalue weighted by atomic mass is 19.1. The topological polar surface area (TPSA) is 40.5 Å². The molecule has 1 aliphatic heterocycles. The molecule has 0 spiro atoms. The minimum Gasteiger partial charge on any atom is -0.386 e. The maximum Gasteiger partial charge on any atom is 0.259 e. The molecular weight excluding hydrogens is 312 g/mol. The standard InChI is InChI=1S/C19H13F2NO2/c20-13-7-3-8-14(21)18(13)16(23)10-22-15-9-2-5-11-4-1-6-12(17(11)15)19(22)24/h1-9,16,23H,10H2. The van der Waals surface area contributed by atoms with Crippen LogP contribution in [0.2, 0.25) is 0 Å². The number of rotatable bonds is 3. The smallest absolute Gasteiger partial charge is 0.259 e. The predicted molar refractivity (Wildman–Crippen MR) is 86.9 cm³/mol. The first-order valence-electron chi connectivity index (χ1n) is 7.53. The van der Waals surface area contributed by atoms with E-state index in [2.05, 4.69) is 0 Å². The SMILES string of the molecule is O=C1c2cccc3cccc(c23)N1CC(O)c1c(F)cccc1F. The quantitative estimate of drug-likeness (QED) is 0.795. The van der Waals surface area contributed by atoms with Crippen molar-refractivity contribution < 1.29 is 18.7 Å². The Kier molecular flexibility index (Phi) is 3.32. The third-order valence-electron chi connectivity index (χ3n) is 4.34. The first-order chi connectivity index (χ1) is 11.6. The van der Waals surface area contributed by atoms with Gasteiger partial charge in [0.1, 0.15) is 17.7 Å². The van der Waals surface area contributed by atoms with Gasteiger partial charge < -0.3 is 10.0 Å². The van der Waals surface area contributed by atoms with Crippen LogP contribution < -0.4 is 4.90 Å². The zero-order valence-corrected chi connectivity index (χ0v) is 12.5. The van der Waals surface area contributed by atoms with Gasteiger partial charge in [-0.15, -0.1) is 0 Å². The molecule has 3 aromatic carbocycles. The largest absolute Gasteiger partial charge is 0.386 e. The van der Waals surface area contributed by atoms with E-state index < -0.39 is 23.3 Å².